The first-order valence-electron chi connectivity index (χ1n) is 16.9. The average Bonchev–Trinajstić information content (AvgIpc) is 3.53. The minimum Gasteiger partial charge on any atom is -0.288 e. The minimum atomic E-state index is -0.297. The highest BCUT2D eigenvalue weighted by molar-refractivity contribution is 6.43. The summed E-state index contributed by atoms with van der Waals surface area (Å²) in [5, 5.41) is 0. The van der Waals surface area contributed by atoms with Gasteiger partial charge in [-0.25, -0.2) is 0 Å². The van der Waals surface area contributed by atoms with Gasteiger partial charge in [0.25, 0.3) is 0 Å². The summed E-state index contributed by atoms with van der Waals surface area (Å²) < 4.78 is 0. The fraction of sp³-hybridized carbons (Fsp3) is 0.106. The predicted molar refractivity (Wildman–Crippen MR) is 200 cm³/mol. The van der Waals surface area contributed by atoms with Crippen molar-refractivity contribution in [2.75, 3.05) is 0 Å². The van der Waals surface area contributed by atoms with Crippen molar-refractivity contribution in [2.24, 2.45) is 0 Å². The Morgan fingerprint density at radius 3 is 1.67 bits per heavy atom. The first kappa shape index (κ1) is 30.5. The molecule has 0 bridgehead atoms. The lowest BCUT2D eigenvalue weighted by Gasteiger charge is -2.24. The molecule has 0 N–H and O–H groups in total. The molecule has 2 nitrogen and oxygen atoms in total. The van der Waals surface area contributed by atoms with Crippen LogP contribution in [0.1, 0.15) is 79.4 Å². The van der Waals surface area contributed by atoms with E-state index in [0.29, 0.717) is 16.7 Å². The fourth-order valence-corrected chi connectivity index (χ4v) is 7.82. The van der Waals surface area contributed by atoms with E-state index in [9.17, 15) is 9.59 Å². The third kappa shape index (κ3) is 5.12. The lowest BCUT2D eigenvalue weighted by atomic mass is 9.79. The Kier molecular flexibility index (Phi) is 7.45. The van der Waals surface area contributed by atoms with E-state index < -0.39 is 0 Å². The van der Waals surface area contributed by atoms with Crippen LogP contribution in [0.3, 0.4) is 0 Å². The van der Waals surface area contributed by atoms with Gasteiger partial charge in [0.15, 0.2) is 11.6 Å². The van der Waals surface area contributed by atoms with Crippen molar-refractivity contribution in [1.82, 2.24) is 0 Å². The molecule has 0 heterocycles. The molecule has 0 radical (unpaired) electrons. The van der Waals surface area contributed by atoms with Crippen LogP contribution in [0.2, 0.25) is 0 Å². The average molecular weight is 633 g/mol. The molecule has 2 aliphatic carbocycles. The molecule has 6 aromatic rings. The maximum atomic E-state index is 13.8. The van der Waals surface area contributed by atoms with E-state index >= 15 is 0 Å². The van der Waals surface area contributed by atoms with Crippen LogP contribution >= 0.6 is 0 Å². The molecule has 0 aliphatic heterocycles. The van der Waals surface area contributed by atoms with Crippen molar-refractivity contribution in [1.29, 1.82) is 0 Å². The standard InChI is InChI=1S/C47H36O2/c1-30(32-15-7-4-8-16-32)40(33-17-9-5-10-18-33)27-31-23-25-36-37-26-24-35(29-42(37)47(2,3)41(36)28-31)43(34-19-11-6-12-20-34)44-45(48)38-21-13-14-22-39(38)46(44)49/h4-26,28-29,40H,1,27H2,2-3H3/t40-/m1/s1. The number of carbonyl (C=O) groups is 2. The van der Waals surface area contributed by atoms with Gasteiger partial charge in [-0.15, -0.1) is 0 Å². The van der Waals surface area contributed by atoms with E-state index in [0.717, 1.165) is 28.7 Å². The van der Waals surface area contributed by atoms with Gasteiger partial charge < -0.3 is 0 Å². The van der Waals surface area contributed by atoms with E-state index in [1.54, 1.807) is 12.1 Å². The summed E-state index contributed by atoms with van der Waals surface area (Å²) in [5.41, 5.74) is 13.0. The lowest BCUT2D eigenvalue weighted by Crippen LogP contribution is -2.16. The topological polar surface area (TPSA) is 34.1 Å². The molecule has 49 heavy (non-hydrogen) atoms. The van der Waals surface area contributed by atoms with Gasteiger partial charge in [0.2, 0.25) is 0 Å². The van der Waals surface area contributed by atoms with E-state index in [1.165, 1.54) is 33.4 Å². The second kappa shape index (κ2) is 12.0. The zero-order valence-corrected chi connectivity index (χ0v) is 27.7. The summed E-state index contributed by atoms with van der Waals surface area (Å²) >= 11 is 0. The Hall–Kier alpha value is -5.86. The molecule has 6 aromatic carbocycles. The highest BCUT2D eigenvalue weighted by Crippen LogP contribution is 2.50. The molecule has 2 aliphatic rings. The van der Waals surface area contributed by atoms with Crippen molar-refractivity contribution in [3.8, 4) is 11.1 Å². The Balaban J connectivity index is 1.20. The van der Waals surface area contributed by atoms with E-state index in [4.69, 9.17) is 0 Å². The van der Waals surface area contributed by atoms with Gasteiger partial charge in [0.1, 0.15) is 0 Å². The number of benzene rings is 6. The molecular formula is C47H36O2. The van der Waals surface area contributed by atoms with Crippen LogP contribution < -0.4 is 0 Å². The Morgan fingerprint density at radius 2 is 1.06 bits per heavy atom. The molecular weight excluding hydrogens is 597 g/mol. The maximum absolute atomic E-state index is 13.8. The Labute approximate surface area is 288 Å². The second-order valence-corrected chi connectivity index (χ2v) is 13.6. The summed E-state index contributed by atoms with van der Waals surface area (Å²) in [6.45, 7) is 9.14. The molecule has 0 spiro atoms. The second-order valence-electron chi connectivity index (χ2n) is 13.6. The van der Waals surface area contributed by atoms with Crippen LogP contribution in [0.15, 0.2) is 164 Å². The van der Waals surface area contributed by atoms with Gasteiger partial charge in [-0.3, -0.25) is 9.59 Å². The summed E-state index contributed by atoms with van der Waals surface area (Å²) in [6.07, 6.45) is 0.831. The van der Waals surface area contributed by atoms with E-state index in [-0.39, 0.29) is 28.5 Å². The van der Waals surface area contributed by atoms with Crippen LogP contribution in [0.25, 0.3) is 22.3 Å². The van der Waals surface area contributed by atoms with Crippen LogP contribution in [0.4, 0.5) is 0 Å². The number of Topliss-reactive ketones (excluding diaryl/α,β-unsaturated/α-hetero) is 2. The molecule has 0 unspecified atom stereocenters. The summed E-state index contributed by atoms with van der Waals surface area (Å²) in [4.78, 5) is 27.6. The number of hydrogen-bond donors (Lipinski definition) is 0. The molecule has 0 saturated heterocycles. The van der Waals surface area contributed by atoms with Crippen LogP contribution in [0.5, 0.6) is 0 Å². The molecule has 0 amide bonds. The van der Waals surface area contributed by atoms with Crippen LogP contribution in [-0.4, -0.2) is 11.6 Å². The Bertz CT molecular complexity index is 2270. The fourth-order valence-electron chi connectivity index (χ4n) is 7.82. The molecule has 1 atom stereocenters. The highest BCUT2D eigenvalue weighted by atomic mass is 16.2. The zero-order valence-electron chi connectivity index (χ0n) is 27.7. The van der Waals surface area contributed by atoms with Gasteiger partial charge in [-0.2, -0.15) is 0 Å². The normalized spacial score (nSPS) is 14.6. The highest BCUT2D eigenvalue weighted by Gasteiger charge is 2.39. The smallest absolute Gasteiger partial charge is 0.198 e. The van der Waals surface area contributed by atoms with Crippen molar-refractivity contribution < 1.29 is 9.59 Å². The number of hydrogen-bond acceptors (Lipinski definition) is 2. The first-order valence-corrected chi connectivity index (χ1v) is 16.9. The molecule has 8 rings (SSSR count). The SMILES string of the molecule is C=C(c1ccccc1)[C@@H](Cc1ccc2c(c1)C(C)(C)c1cc(C(=C3C(=O)c4ccccc4C3=O)c3ccccc3)ccc1-2)c1ccccc1. The maximum Gasteiger partial charge on any atom is 0.198 e. The van der Waals surface area contributed by atoms with Gasteiger partial charge in [0.05, 0.1) is 5.57 Å². The largest absolute Gasteiger partial charge is 0.288 e. The number of carbonyl (C=O) groups excluding carboxylic acids is 2. The molecule has 236 valence electrons. The van der Waals surface area contributed by atoms with Gasteiger partial charge >= 0.3 is 0 Å². The van der Waals surface area contributed by atoms with E-state index in [2.05, 4.69) is 111 Å². The van der Waals surface area contributed by atoms with Crippen molar-refractivity contribution in [3.63, 3.8) is 0 Å². The first-order chi connectivity index (χ1) is 23.8. The Morgan fingerprint density at radius 1 is 0.551 bits per heavy atom. The predicted octanol–water partition coefficient (Wildman–Crippen LogP) is 10.9. The molecule has 0 saturated carbocycles. The van der Waals surface area contributed by atoms with Crippen molar-refractivity contribution >= 4 is 22.7 Å². The van der Waals surface area contributed by atoms with Crippen molar-refractivity contribution in [2.45, 2.75) is 31.6 Å². The third-order valence-corrected chi connectivity index (χ3v) is 10.4. The van der Waals surface area contributed by atoms with Gasteiger partial charge in [-0.1, -0.05) is 166 Å². The number of ketones is 2. The monoisotopic (exact) mass is 632 g/mol. The van der Waals surface area contributed by atoms with Gasteiger partial charge in [-0.05, 0) is 68.1 Å². The van der Waals surface area contributed by atoms with Crippen LogP contribution in [0, 0.1) is 0 Å². The van der Waals surface area contributed by atoms with E-state index in [1.807, 2.05) is 48.5 Å². The number of rotatable bonds is 7. The number of fused-ring (bicyclic) bond motifs is 4. The summed E-state index contributed by atoms with van der Waals surface area (Å²) in [6, 6.07) is 51.5. The molecule has 2 heteroatoms. The minimum absolute atomic E-state index is 0.130. The van der Waals surface area contributed by atoms with Crippen molar-refractivity contribution in [3.05, 3.63) is 214 Å². The lowest BCUT2D eigenvalue weighted by molar-refractivity contribution is 0.0990. The third-order valence-electron chi connectivity index (χ3n) is 10.4. The van der Waals surface area contributed by atoms with Gasteiger partial charge in [0, 0.05) is 28.0 Å². The summed E-state index contributed by atoms with van der Waals surface area (Å²) in [5.74, 6) is -0.291. The van der Waals surface area contributed by atoms with Crippen LogP contribution in [-0.2, 0) is 11.8 Å². The molecule has 0 aromatic heterocycles. The zero-order chi connectivity index (χ0) is 33.7. The summed E-state index contributed by atoms with van der Waals surface area (Å²) in [7, 11) is 0. The number of allylic oxidation sites excluding steroid dienone is 2. The molecule has 0 fully saturated rings. The quantitative estimate of drug-likeness (QED) is 0.130.